The van der Waals surface area contributed by atoms with Crippen molar-refractivity contribution in [3.05, 3.63) is 17.0 Å². The number of thiophene rings is 2. The Hall–Kier alpha value is -0.435. The molecule has 2 aliphatic rings. The van der Waals surface area contributed by atoms with Crippen LogP contribution in [0.2, 0.25) is 0 Å². The summed E-state index contributed by atoms with van der Waals surface area (Å²) in [7, 11) is -0.246. The normalized spacial score (nSPS) is 21.6. The summed E-state index contributed by atoms with van der Waals surface area (Å²) in [5, 5.41) is 0. The van der Waals surface area contributed by atoms with Crippen LogP contribution in [-0.4, -0.2) is 44.7 Å². The Labute approximate surface area is 195 Å². The van der Waals surface area contributed by atoms with Gasteiger partial charge in [-0.3, -0.25) is 0 Å². The lowest BCUT2D eigenvalue weighted by molar-refractivity contribution is -0.150. The summed E-state index contributed by atoms with van der Waals surface area (Å²) in [4.78, 5) is 1.49. The molecule has 0 atom stereocenters. The highest BCUT2D eigenvalue weighted by Crippen LogP contribution is 2.38. The molecule has 4 heterocycles. The first kappa shape index (κ1) is 23.7. The molecule has 0 spiro atoms. The van der Waals surface area contributed by atoms with Crippen LogP contribution in [0.3, 0.4) is 0 Å². The largest absolute Gasteiger partial charge is 0.505 e. The monoisotopic (exact) mass is 464 g/mol. The Morgan fingerprint density at radius 2 is 1.61 bits per heavy atom. The molecule has 0 saturated carbocycles. The van der Waals surface area contributed by atoms with E-state index in [1.807, 2.05) is 22.7 Å². The number of aryl methyl sites for hydroxylation is 1. The van der Waals surface area contributed by atoms with Gasteiger partial charge < -0.3 is 18.8 Å². The van der Waals surface area contributed by atoms with Crippen molar-refractivity contribution >= 4 is 44.0 Å². The Bertz CT molecular complexity index is 815. The van der Waals surface area contributed by atoms with Gasteiger partial charge in [-0.15, -0.1) is 22.7 Å². The molecule has 0 unspecified atom stereocenters. The molecule has 31 heavy (non-hydrogen) atoms. The van der Waals surface area contributed by atoms with Crippen LogP contribution in [0, 0.1) is 5.41 Å². The van der Waals surface area contributed by atoms with Crippen molar-refractivity contribution in [2.45, 2.75) is 84.3 Å². The predicted octanol–water partition coefficient (Wildman–Crippen LogP) is 5.81. The van der Waals surface area contributed by atoms with E-state index in [1.54, 1.807) is 0 Å². The molecule has 0 radical (unpaired) electrons. The Morgan fingerprint density at radius 3 is 2.23 bits per heavy atom. The van der Waals surface area contributed by atoms with Gasteiger partial charge in [0.1, 0.15) is 0 Å². The van der Waals surface area contributed by atoms with Crippen molar-refractivity contribution in [1.29, 1.82) is 0 Å². The standard InChI is InChI=1S/C24H37BO4S2/c1-6-24(16-27-17-24)15-26-12-10-8-7-9-11-18-13-19-20(30-18)14-21(31-19)25-28-22(2,3)23(4,5)29-25/h13-14H,6-12,15-17H2,1-5H3. The lowest BCUT2D eigenvalue weighted by Gasteiger charge is -2.40. The van der Waals surface area contributed by atoms with Crippen molar-refractivity contribution in [3.63, 3.8) is 0 Å². The fourth-order valence-corrected chi connectivity index (χ4v) is 6.46. The van der Waals surface area contributed by atoms with Crippen molar-refractivity contribution in [3.8, 4) is 0 Å². The summed E-state index contributed by atoms with van der Waals surface area (Å²) in [6, 6.07) is 4.64. The van der Waals surface area contributed by atoms with Gasteiger partial charge in [0.25, 0.3) is 0 Å². The van der Waals surface area contributed by atoms with Crippen LogP contribution in [0.15, 0.2) is 12.1 Å². The molecule has 0 amide bonds. The van der Waals surface area contributed by atoms with Crippen LogP contribution in [0.25, 0.3) is 9.40 Å². The van der Waals surface area contributed by atoms with Crippen LogP contribution in [-0.2, 0) is 25.2 Å². The Balaban J connectivity index is 1.16. The minimum Gasteiger partial charge on any atom is -0.399 e. The quantitative estimate of drug-likeness (QED) is 0.311. The smallest absolute Gasteiger partial charge is 0.399 e. The molecule has 2 fully saturated rings. The van der Waals surface area contributed by atoms with E-state index in [2.05, 4.69) is 46.8 Å². The van der Waals surface area contributed by atoms with Crippen LogP contribution < -0.4 is 4.78 Å². The first-order valence-electron chi connectivity index (χ1n) is 11.8. The first-order valence-corrected chi connectivity index (χ1v) is 13.4. The molecular weight excluding hydrogens is 427 g/mol. The number of ether oxygens (including phenoxy) is 2. The molecule has 2 aromatic rings. The molecule has 0 bridgehead atoms. The highest BCUT2D eigenvalue weighted by atomic mass is 32.1. The van der Waals surface area contributed by atoms with E-state index in [9.17, 15) is 0 Å². The van der Waals surface area contributed by atoms with Gasteiger partial charge in [-0.05, 0) is 65.5 Å². The summed E-state index contributed by atoms with van der Waals surface area (Å²) in [6.45, 7) is 14.2. The molecule has 2 aromatic heterocycles. The second-order valence-electron chi connectivity index (χ2n) is 10.2. The lowest BCUT2D eigenvalue weighted by atomic mass is 9.84. The number of fused-ring (bicyclic) bond motifs is 1. The Morgan fingerprint density at radius 1 is 0.935 bits per heavy atom. The number of hydrogen-bond donors (Lipinski definition) is 0. The molecule has 0 aliphatic carbocycles. The fraction of sp³-hybridized carbons (Fsp3) is 0.750. The van der Waals surface area contributed by atoms with E-state index in [4.69, 9.17) is 18.8 Å². The molecule has 0 aromatic carbocycles. The summed E-state index contributed by atoms with van der Waals surface area (Å²) in [5.74, 6) is 0. The average Bonchev–Trinajstić information content (AvgIpc) is 3.29. The van der Waals surface area contributed by atoms with Gasteiger partial charge >= 0.3 is 7.12 Å². The van der Waals surface area contributed by atoms with Crippen LogP contribution in [0.1, 0.15) is 71.6 Å². The topological polar surface area (TPSA) is 36.9 Å². The molecule has 2 aliphatic heterocycles. The molecule has 172 valence electrons. The third-order valence-corrected chi connectivity index (χ3v) is 9.57. The highest BCUT2D eigenvalue weighted by molar-refractivity contribution is 7.33. The molecule has 4 rings (SSSR count). The second-order valence-corrected chi connectivity index (χ2v) is 12.5. The van der Waals surface area contributed by atoms with Gasteiger partial charge in [-0.25, -0.2) is 0 Å². The highest BCUT2D eigenvalue weighted by Gasteiger charge is 2.52. The van der Waals surface area contributed by atoms with Gasteiger partial charge in [0.2, 0.25) is 0 Å². The van der Waals surface area contributed by atoms with Gasteiger partial charge in [0.05, 0.1) is 31.0 Å². The molecule has 7 heteroatoms. The van der Waals surface area contributed by atoms with Crippen LogP contribution >= 0.6 is 22.7 Å². The SMILES string of the molecule is CCC1(COCCCCCCc2cc3sc(B4OC(C)(C)C(C)(C)O4)cc3s2)COC1. The second kappa shape index (κ2) is 9.44. The zero-order valence-electron chi connectivity index (χ0n) is 19.8. The van der Waals surface area contributed by atoms with Crippen molar-refractivity contribution in [1.82, 2.24) is 0 Å². The van der Waals surface area contributed by atoms with Crippen molar-refractivity contribution < 1.29 is 18.8 Å². The molecular formula is C24H37BO4S2. The third-order valence-electron chi connectivity index (χ3n) is 7.20. The zero-order valence-corrected chi connectivity index (χ0v) is 21.4. The fourth-order valence-electron chi connectivity index (χ4n) is 4.03. The van der Waals surface area contributed by atoms with Gasteiger partial charge in [-0.1, -0.05) is 19.8 Å². The number of rotatable bonds is 11. The molecule has 4 nitrogen and oxygen atoms in total. The molecule has 2 saturated heterocycles. The maximum absolute atomic E-state index is 6.21. The van der Waals surface area contributed by atoms with Gasteiger partial charge in [0.15, 0.2) is 0 Å². The van der Waals surface area contributed by atoms with Gasteiger partial charge in [0, 0.05) is 31.1 Å². The summed E-state index contributed by atoms with van der Waals surface area (Å²) in [5.41, 5.74) is -0.253. The average molecular weight is 465 g/mol. The summed E-state index contributed by atoms with van der Waals surface area (Å²) < 4.78 is 27.6. The van der Waals surface area contributed by atoms with Crippen LogP contribution in [0.4, 0.5) is 0 Å². The van der Waals surface area contributed by atoms with E-state index < -0.39 is 0 Å². The predicted molar refractivity (Wildman–Crippen MR) is 132 cm³/mol. The van der Waals surface area contributed by atoms with E-state index in [0.717, 1.165) is 39.3 Å². The van der Waals surface area contributed by atoms with E-state index >= 15 is 0 Å². The summed E-state index contributed by atoms with van der Waals surface area (Å²) >= 11 is 3.74. The minimum atomic E-state index is -0.283. The first-order chi connectivity index (χ1) is 14.7. The van der Waals surface area contributed by atoms with E-state index in [1.165, 1.54) is 44.7 Å². The molecule has 0 N–H and O–H groups in total. The van der Waals surface area contributed by atoms with Crippen molar-refractivity contribution in [2.75, 3.05) is 26.4 Å². The maximum Gasteiger partial charge on any atom is 0.505 e. The number of unbranched alkanes of at least 4 members (excludes halogenated alkanes) is 3. The minimum absolute atomic E-state index is 0.246. The van der Waals surface area contributed by atoms with E-state index in [-0.39, 0.29) is 18.3 Å². The maximum atomic E-state index is 6.21. The van der Waals surface area contributed by atoms with E-state index in [0.29, 0.717) is 5.41 Å². The third kappa shape index (κ3) is 5.23. The van der Waals surface area contributed by atoms with Crippen LogP contribution in [0.5, 0.6) is 0 Å². The zero-order chi connectivity index (χ0) is 22.1. The number of hydrogen-bond acceptors (Lipinski definition) is 6. The Kier molecular flexibility index (Phi) is 7.22. The lowest BCUT2D eigenvalue weighted by Crippen LogP contribution is -2.45. The van der Waals surface area contributed by atoms with Gasteiger partial charge in [-0.2, -0.15) is 0 Å². The van der Waals surface area contributed by atoms with Crippen molar-refractivity contribution in [2.24, 2.45) is 5.41 Å². The summed E-state index contributed by atoms with van der Waals surface area (Å²) in [6.07, 6.45) is 7.28.